The Balaban J connectivity index is 1.43. The molecular formula is C16H16N6OS2. The number of nitrogen functional groups attached to an aromatic ring is 1. The monoisotopic (exact) mass is 372 g/mol. The van der Waals surface area contributed by atoms with Gasteiger partial charge < -0.3 is 15.1 Å². The summed E-state index contributed by atoms with van der Waals surface area (Å²) in [7, 11) is 1.97. The molecule has 0 radical (unpaired) electrons. The van der Waals surface area contributed by atoms with Gasteiger partial charge in [-0.3, -0.25) is 5.01 Å². The van der Waals surface area contributed by atoms with Crippen LogP contribution in [-0.4, -0.2) is 25.7 Å². The summed E-state index contributed by atoms with van der Waals surface area (Å²) in [6, 6.07) is 11.6. The third-order valence-corrected chi connectivity index (χ3v) is 5.51. The Labute approximate surface area is 153 Å². The van der Waals surface area contributed by atoms with Crippen molar-refractivity contribution < 1.29 is 4.84 Å². The standard InChI is InChI=1S/C16H16N6OS2/c1-21-15(14-6-3-7-24-14)18-19-16(21)25-10-22-9-13(23-20-22)11-4-2-5-12(17)8-11/h2-9,20H,10,17H2,1H3. The van der Waals surface area contributed by atoms with E-state index in [9.17, 15) is 0 Å². The lowest BCUT2D eigenvalue weighted by Crippen LogP contribution is -2.27. The highest BCUT2D eigenvalue weighted by molar-refractivity contribution is 7.99. The second-order valence-corrected chi connectivity index (χ2v) is 7.26. The van der Waals surface area contributed by atoms with E-state index in [1.807, 2.05) is 64.6 Å². The van der Waals surface area contributed by atoms with Gasteiger partial charge in [-0.25, -0.2) is 0 Å². The van der Waals surface area contributed by atoms with E-state index in [0.717, 1.165) is 27.2 Å². The van der Waals surface area contributed by atoms with Gasteiger partial charge in [-0.2, -0.15) is 0 Å². The normalized spacial score (nSPS) is 13.8. The first kappa shape index (κ1) is 16.0. The maximum atomic E-state index is 5.82. The van der Waals surface area contributed by atoms with E-state index in [-0.39, 0.29) is 0 Å². The zero-order valence-corrected chi connectivity index (χ0v) is 15.0. The lowest BCUT2D eigenvalue weighted by Gasteiger charge is -2.12. The summed E-state index contributed by atoms with van der Waals surface area (Å²) in [5.74, 6) is 2.23. The summed E-state index contributed by atoms with van der Waals surface area (Å²) in [6.07, 6.45) is 1.90. The Morgan fingerprint density at radius 1 is 1.28 bits per heavy atom. The molecule has 0 aliphatic carbocycles. The molecule has 2 aromatic heterocycles. The lowest BCUT2D eigenvalue weighted by molar-refractivity contribution is 0.0607. The number of hydrogen-bond acceptors (Lipinski definition) is 8. The van der Waals surface area contributed by atoms with Gasteiger partial charge in [-0.05, 0) is 23.6 Å². The summed E-state index contributed by atoms with van der Waals surface area (Å²) in [5, 5.41) is 13.3. The maximum Gasteiger partial charge on any atom is 0.193 e. The average Bonchev–Trinajstić information content (AvgIpc) is 3.34. The number of thioether (sulfide) groups is 1. The van der Waals surface area contributed by atoms with Crippen LogP contribution >= 0.6 is 23.1 Å². The fourth-order valence-corrected chi connectivity index (χ4v) is 3.88. The van der Waals surface area contributed by atoms with Gasteiger partial charge in [-0.15, -0.1) is 21.5 Å². The first-order chi connectivity index (χ1) is 12.2. The van der Waals surface area contributed by atoms with Crippen molar-refractivity contribution in [3.63, 3.8) is 0 Å². The number of thiophene rings is 1. The Bertz CT molecular complexity index is 905. The number of hydrogen-bond donors (Lipinski definition) is 2. The molecule has 25 heavy (non-hydrogen) atoms. The predicted octanol–water partition coefficient (Wildman–Crippen LogP) is 2.93. The minimum absolute atomic E-state index is 0.627. The van der Waals surface area contributed by atoms with Crippen molar-refractivity contribution in [1.29, 1.82) is 0 Å². The number of anilines is 1. The van der Waals surface area contributed by atoms with Gasteiger partial charge in [0.15, 0.2) is 16.7 Å². The van der Waals surface area contributed by atoms with Crippen LogP contribution in [-0.2, 0) is 11.9 Å². The summed E-state index contributed by atoms with van der Waals surface area (Å²) in [6.45, 7) is 0. The zero-order chi connectivity index (χ0) is 17.2. The third-order valence-electron chi connectivity index (χ3n) is 3.63. The van der Waals surface area contributed by atoms with Gasteiger partial charge in [-0.1, -0.05) is 35.6 Å². The topological polar surface area (TPSA) is 81.2 Å². The molecule has 0 unspecified atom stereocenters. The average molecular weight is 372 g/mol. The summed E-state index contributed by atoms with van der Waals surface area (Å²) in [5.41, 5.74) is 10.3. The third kappa shape index (κ3) is 3.34. The molecule has 0 amide bonds. The number of nitrogens with two attached hydrogens (primary N) is 1. The summed E-state index contributed by atoms with van der Waals surface area (Å²) < 4.78 is 2.00. The fraction of sp³-hybridized carbons (Fsp3) is 0.125. The van der Waals surface area contributed by atoms with Crippen molar-refractivity contribution in [2.45, 2.75) is 5.16 Å². The van der Waals surface area contributed by atoms with Crippen molar-refractivity contribution in [1.82, 2.24) is 25.4 Å². The van der Waals surface area contributed by atoms with E-state index in [0.29, 0.717) is 11.6 Å². The van der Waals surface area contributed by atoms with Crippen molar-refractivity contribution >= 4 is 34.5 Å². The van der Waals surface area contributed by atoms with Gasteiger partial charge in [0.1, 0.15) is 0 Å². The van der Waals surface area contributed by atoms with Gasteiger partial charge in [0.2, 0.25) is 0 Å². The van der Waals surface area contributed by atoms with Crippen molar-refractivity contribution in [2.24, 2.45) is 7.05 Å². The van der Waals surface area contributed by atoms with Gasteiger partial charge >= 0.3 is 0 Å². The van der Waals surface area contributed by atoms with Gasteiger partial charge in [0.25, 0.3) is 0 Å². The van der Waals surface area contributed by atoms with E-state index < -0.39 is 0 Å². The molecular weight excluding hydrogens is 356 g/mol. The SMILES string of the molecule is Cn1c(SCN2C=C(c3cccc(N)c3)ON2)nnc1-c1cccs1. The van der Waals surface area contributed by atoms with Crippen LogP contribution < -0.4 is 11.3 Å². The van der Waals surface area contributed by atoms with Crippen LogP contribution in [0.25, 0.3) is 16.5 Å². The number of aromatic nitrogens is 3. The molecule has 0 saturated heterocycles. The molecule has 1 aliphatic heterocycles. The van der Waals surface area contributed by atoms with Gasteiger partial charge in [0, 0.05) is 18.3 Å². The van der Waals surface area contributed by atoms with Gasteiger partial charge in [0.05, 0.1) is 17.0 Å². The minimum Gasteiger partial charge on any atom is -0.399 e. The molecule has 0 saturated carbocycles. The molecule has 1 aliphatic rings. The van der Waals surface area contributed by atoms with Crippen molar-refractivity contribution in [3.05, 3.63) is 53.5 Å². The Hall–Kier alpha value is -2.49. The lowest BCUT2D eigenvalue weighted by atomic mass is 10.2. The number of hydrazine groups is 1. The van der Waals surface area contributed by atoms with Crippen LogP contribution in [0.4, 0.5) is 5.69 Å². The second-order valence-electron chi connectivity index (χ2n) is 5.40. The van der Waals surface area contributed by atoms with E-state index in [1.165, 1.54) is 0 Å². The minimum atomic E-state index is 0.627. The Kier molecular flexibility index (Phi) is 4.35. The molecule has 3 N–H and O–H groups in total. The number of benzene rings is 1. The first-order valence-electron chi connectivity index (χ1n) is 7.53. The first-order valence-corrected chi connectivity index (χ1v) is 9.40. The molecule has 0 atom stereocenters. The number of rotatable bonds is 5. The molecule has 3 aromatic rings. The van der Waals surface area contributed by atoms with E-state index in [4.69, 9.17) is 10.6 Å². The fourth-order valence-electron chi connectivity index (χ4n) is 2.38. The largest absolute Gasteiger partial charge is 0.399 e. The quantitative estimate of drug-likeness (QED) is 0.526. The van der Waals surface area contributed by atoms with E-state index in [2.05, 4.69) is 15.8 Å². The van der Waals surface area contributed by atoms with E-state index >= 15 is 0 Å². The van der Waals surface area contributed by atoms with Crippen LogP contribution in [0.5, 0.6) is 0 Å². The summed E-state index contributed by atoms with van der Waals surface area (Å²) in [4.78, 5) is 6.62. The highest BCUT2D eigenvalue weighted by atomic mass is 32.2. The zero-order valence-electron chi connectivity index (χ0n) is 13.4. The van der Waals surface area contributed by atoms with Crippen LogP contribution in [0.1, 0.15) is 5.56 Å². The van der Waals surface area contributed by atoms with E-state index in [1.54, 1.807) is 23.1 Å². The Morgan fingerprint density at radius 2 is 2.20 bits per heavy atom. The van der Waals surface area contributed by atoms with Crippen molar-refractivity contribution in [2.75, 3.05) is 11.6 Å². The molecule has 128 valence electrons. The van der Waals surface area contributed by atoms with Crippen LogP contribution in [0, 0.1) is 0 Å². The molecule has 0 bridgehead atoms. The molecule has 4 rings (SSSR count). The molecule has 3 heterocycles. The molecule has 0 spiro atoms. The summed E-state index contributed by atoms with van der Waals surface area (Å²) >= 11 is 3.22. The second kappa shape index (κ2) is 6.79. The maximum absolute atomic E-state index is 5.82. The van der Waals surface area contributed by atoms with Crippen LogP contribution in [0.3, 0.4) is 0 Å². The highest BCUT2D eigenvalue weighted by Crippen LogP contribution is 2.27. The Morgan fingerprint density at radius 3 is 3.00 bits per heavy atom. The molecule has 9 heteroatoms. The van der Waals surface area contributed by atoms with Crippen molar-refractivity contribution in [3.8, 4) is 10.7 Å². The number of nitrogens with one attached hydrogen (secondary N) is 1. The number of nitrogens with zero attached hydrogens (tertiary/aromatic N) is 4. The molecule has 7 nitrogen and oxygen atoms in total. The highest BCUT2D eigenvalue weighted by Gasteiger charge is 2.18. The predicted molar refractivity (Wildman–Crippen MR) is 99.9 cm³/mol. The smallest absolute Gasteiger partial charge is 0.193 e. The molecule has 0 fully saturated rings. The van der Waals surface area contributed by atoms with Crippen LogP contribution in [0.15, 0.2) is 53.1 Å². The molecule has 1 aromatic carbocycles. The van der Waals surface area contributed by atoms with Crippen LogP contribution in [0.2, 0.25) is 0 Å².